The number of amides is 1. The van der Waals surface area contributed by atoms with E-state index in [9.17, 15) is 14.7 Å². The number of thiocarbonyl (C=S) groups is 1. The fraction of sp³-hybridized carbons (Fsp3) is 0.278. The molecule has 1 fully saturated rings. The molecule has 1 amide bonds. The van der Waals surface area contributed by atoms with Crippen LogP contribution in [-0.4, -0.2) is 32.2 Å². The lowest BCUT2D eigenvalue weighted by Gasteiger charge is -2.27. The summed E-state index contributed by atoms with van der Waals surface area (Å²) in [6, 6.07) is 8.79. The van der Waals surface area contributed by atoms with E-state index in [1.54, 1.807) is 12.2 Å². The van der Waals surface area contributed by atoms with E-state index in [0.717, 1.165) is 17.3 Å². The van der Waals surface area contributed by atoms with Gasteiger partial charge in [-0.05, 0) is 17.6 Å². The Labute approximate surface area is 151 Å². The van der Waals surface area contributed by atoms with Gasteiger partial charge in [0.05, 0.1) is 4.91 Å². The van der Waals surface area contributed by atoms with Crippen LogP contribution in [0.4, 0.5) is 0 Å². The maximum Gasteiger partial charge on any atom is 0.327 e. The SMILES string of the molecule is CC[C@H](C)[C@@H](C(=O)O)N1C(=O)/C(=C/C=C/c2ccccc2)SC1=S. The van der Waals surface area contributed by atoms with Crippen molar-refractivity contribution in [1.29, 1.82) is 0 Å². The lowest BCUT2D eigenvalue weighted by atomic mass is 9.98. The summed E-state index contributed by atoms with van der Waals surface area (Å²) < 4.78 is 0.298. The van der Waals surface area contributed by atoms with Crippen LogP contribution >= 0.6 is 24.0 Å². The van der Waals surface area contributed by atoms with Crippen LogP contribution in [0, 0.1) is 5.92 Å². The average molecular weight is 361 g/mol. The second kappa shape index (κ2) is 8.26. The molecule has 1 N–H and O–H groups in total. The lowest BCUT2D eigenvalue weighted by Crippen LogP contribution is -2.47. The predicted molar refractivity (Wildman–Crippen MR) is 101 cm³/mol. The van der Waals surface area contributed by atoms with Gasteiger partial charge in [0.25, 0.3) is 5.91 Å². The predicted octanol–water partition coefficient (Wildman–Crippen LogP) is 3.94. The summed E-state index contributed by atoms with van der Waals surface area (Å²) in [6.07, 6.45) is 6.00. The molecule has 1 aromatic carbocycles. The van der Waals surface area contributed by atoms with Gasteiger partial charge in [-0.25, -0.2) is 4.79 Å². The molecule has 1 saturated heterocycles. The highest BCUT2D eigenvalue weighted by molar-refractivity contribution is 8.26. The standard InChI is InChI=1S/C18H19NO3S2/c1-3-12(2)15(17(21)22)19-16(20)14(24-18(19)23)11-7-10-13-8-5-4-6-9-13/h4-12,15H,3H2,1-2H3,(H,21,22)/b10-7+,14-11-/t12-,15-/m0/s1. The number of benzene rings is 1. The minimum atomic E-state index is -1.03. The van der Waals surface area contributed by atoms with Crippen molar-refractivity contribution in [3.63, 3.8) is 0 Å². The number of carbonyl (C=O) groups is 2. The number of thioether (sulfide) groups is 1. The molecule has 24 heavy (non-hydrogen) atoms. The number of carbonyl (C=O) groups excluding carboxylic acids is 1. The van der Waals surface area contributed by atoms with Gasteiger partial charge in [0.2, 0.25) is 0 Å². The van der Waals surface area contributed by atoms with Crippen LogP contribution < -0.4 is 0 Å². The van der Waals surface area contributed by atoms with Crippen molar-refractivity contribution >= 4 is 46.3 Å². The molecule has 2 rings (SSSR count). The number of nitrogens with zero attached hydrogens (tertiary/aromatic N) is 1. The highest BCUT2D eigenvalue weighted by Crippen LogP contribution is 2.34. The van der Waals surface area contributed by atoms with Crippen molar-refractivity contribution in [1.82, 2.24) is 4.90 Å². The Morgan fingerprint density at radius 1 is 1.38 bits per heavy atom. The van der Waals surface area contributed by atoms with Crippen molar-refractivity contribution in [2.45, 2.75) is 26.3 Å². The fourth-order valence-corrected chi connectivity index (χ4v) is 3.66. The number of allylic oxidation sites excluding steroid dienone is 2. The maximum atomic E-state index is 12.6. The van der Waals surface area contributed by atoms with E-state index in [1.165, 1.54) is 4.90 Å². The summed E-state index contributed by atoms with van der Waals surface area (Å²) in [5.41, 5.74) is 1.02. The smallest absolute Gasteiger partial charge is 0.327 e. The van der Waals surface area contributed by atoms with Crippen LogP contribution in [0.2, 0.25) is 0 Å². The van der Waals surface area contributed by atoms with Crippen LogP contribution in [0.3, 0.4) is 0 Å². The minimum absolute atomic E-state index is 0.177. The summed E-state index contributed by atoms with van der Waals surface area (Å²) in [4.78, 5) is 25.8. The van der Waals surface area contributed by atoms with E-state index in [0.29, 0.717) is 15.6 Å². The number of hydrogen-bond acceptors (Lipinski definition) is 4. The number of aliphatic carboxylic acids is 1. The first-order valence-electron chi connectivity index (χ1n) is 7.67. The van der Waals surface area contributed by atoms with Gasteiger partial charge in [0, 0.05) is 0 Å². The summed E-state index contributed by atoms with van der Waals surface area (Å²) >= 11 is 6.39. The molecular weight excluding hydrogens is 342 g/mol. The normalized spacial score (nSPS) is 19.2. The molecule has 1 aliphatic rings. The van der Waals surface area contributed by atoms with Gasteiger partial charge in [-0.3, -0.25) is 9.69 Å². The number of carboxylic acids is 1. The molecule has 0 saturated carbocycles. The molecule has 0 radical (unpaired) electrons. The van der Waals surface area contributed by atoms with Crippen LogP contribution in [0.1, 0.15) is 25.8 Å². The third kappa shape index (κ3) is 4.13. The number of rotatable bonds is 6. The lowest BCUT2D eigenvalue weighted by molar-refractivity contribution is -0.147. The highest BCUT2D eigenvalue weighted by Gasteiger charge is 2.42. The Morgan fingerprint density at radius 2 is 2.04 bits per heavy atom. The average Bonchev–Trinajstić information content (AvgIpc) is 2.83. The maximum absolute atomic E-state index is 12.6. The molecule has 6 heteroatoms. The van der Waals surface area contributed by atoms with E-state index in [-0.39, 0.29) is 11.8 Å². The van der Waals surface area contributed by atoms with Gasteiger partial charge in [-0.15, -0.1) is 0 Å². The Bertz CT molecular complexity index is 697. The Hall–Kier alpha value is -1.92. The molecule has 4 nitrogen and oxygen atoms in total. The van der Waals surface area contributed by atoms with Gasteiger partial charge in [0.15, 0.2) is 0 Å². The van der Waals surface area contributed by atoms with Crippen molar-refractivity contribution < 1.29 is 14.7 Å². The zero-order valence-corrected chi connectivity index (χ0v) is 15.1. The monoisotopic (exact) mass is 361 g/mol. The second-order valence-electron chi connectivity index (χ2n) is 5.51. The molecule has 0 aromatic heterocycles. The molecule has 0 spiro atoms. The first kappa shape index (κ1) is 18.4. The Morgan fingerprint density at radius 3 is 2.62 bits per heavy atom. The quantitative estimate of drug-likeness (QED) is 0.614. The zero-order chi connectivity index (χ0) is 17.7. The number of carboxylic acid groups (broad SMARTS) is 1. The van der Waals surface area contributed by atoms with Crippen LogP contribution in [0.25, 0.3) is 6.08 Å². The first-order valence-corrected chi connectivity index (χ1v) is 8.89. The van der Waals surface area contributed by atoms with Crippen LogP contribution in [-0.2, 0) is 9.59 Å². The molecule has 1 heterocycles. The van der Waals surface area contributed by atoms with E-state index in [2.05, 4.69) is 0 Å². The van der Waals surface area contributed by atoms with E-state index < -0.39 is 12.0 Å². The van der Waals surface area contributed by atoms with E-state index in [1.807, 2.05) is 50.3 Å². The van der Waals surface area contributed by atoms with Crippen LogP contribution in [0.5, 0.6) is 0 Å². The number of hydrogen-bond donors (Lipinski definition) is 1. The van der Waals surface area contributed by atoms with Gasteiger partial charge < -0.3 is 5.11 Å². The molecular formula is C18H19NO3S2. The molecule has 126 valence electrons. The van der Waals surface area contributed by atoms with Crippen molar-refractivity contribution in [3.8, 4) is 0 Å². The van der Waals surface area contributed by atoms with Gasteiger partial charge >= 0.3 is 5.97 Å². The molecule has 0 bridgehead atoms. The van der Waals surface area contributed by atoms with Crippen molar-refractivity contribution in [2.24, 2.45) is 5.92 Å². The van der Waals surface area contributed by atoms with Gasteiger partial charge in [-0.1, -0.05) is 86.7 Å². The third-order valence-electron chi connectivity index (χ3n) is 3.87. The molecule has 1 aliphatic heterocycles. The third-order valence-corrected chi connectivity index (χ3v) is 5.22. The molecule has 2 atom stereocenters. The zero-order valence-electron chi connectivity index (χ0n) is 13.5. The summed E-state index contributed by atoms with van der Waals surface area (Å²) in [5.74, 6) is -1.54. The topological polar surface area (TPSA) is 57.6 Å². The summed E-state index contributed by atoms with van der Waals surface area (Å²) in [5, 5.41) is 9.49. The first-order chi connectivity index (χ1) is 11.5. The van der Waals surface area contributed by atoms with Crippen LogP contribution in [0.15, 0.2) is 47.4 Å². The molecule has 0 unspecified atom stereocenters. The molecule has 1 aromatic rings. The molecule has 0 aliphatic carbocycles. The Balaban J connectivity index is 2.20. The highest BCUT2D eigenvalue weighted by atomic mass is 32.2. The summed E-state index contributed by atoms with van der Waals surface area (Å²) in [7, 11) is 0. The van der Waals surface area contributed by atoms with Crippen molar-refractivity contribution in [3.05, 3.63) is 53.0 Å². The summed E-state index contributed by atoms with van der Waals surface area (Å²) in [6.45, 7) is 3.72. The van der Waals surface area contributed by atoms with Crippen molar-refractivity contribution in [2.75, 3.05) is 0 Å². The van der Waals surface area contributed by atoms with E-state index in [4.69, 9.17) is 12.2 Å². The minimum Gasteiger partial charge on any atom is -0.480 e. The largest absolute Gasteiger partial charge is 0.480 e. The fourth-order valence-electron chi connectivity index (χ4n) is 2.38. The Kier molecular flexibility index (Phi) is 6.34. The second-order valence-corrected chi connectivity index (χ2v) is 7.19. The van der Waals surface area contributed by atoms with E-state index >= 15 is 0 Å². The van der Waals surface area contributed by atoms with Gasteiger partial charge in [0.1, 0.15) is 10.4 Å². The van der Waals surface area contributed by atoms with Gasteiger partial charge in [-0.2, -0.15) is 0 Å².